The van der Waals surface area contributed by atoms with Crippen LogP contribution in [-0.2, 0) is 0 Å². The monoisotopic (exact) mass is 258 g/mol. The fraction of sp³-hybridized carbons (Fsp3) is 0.400. The summed E-state index contributed by atoms with van der Waals surface area (Å²) >= 11 is 1.64. The number of benzene rings is 1. The molecule has 0 aliphatic carbocycles. The molecule has 1 saturated heterocycles. The second-order valence-electron chi connectivity index (χ2n) is 4.93. The van der Waals surface area contributed by atoms with Gasteiger partial charge in [0.05, 0.1) is 10.4 Å². The van der Waals surface area contributed by atoms with Crippen LogP contribution in [0.3, 0.4) is 0 Å². The topological polar surface area (TPSA) is 16.1 Å². The van der Waals surface area contributed by atoms with Crippen LogP contribution < -0.4 is 0 Å². The van der Waals surface area contributed by atoms with Crippen LogP contribution >= 0.6 is 11.5 Å². The first-order chi connectivity index (χ1) is 8.88. The molecule has 0 spiro atoms. The van der Waals surface area contributed by atoms with Crippen LogP contribution in [0.15, 0.2) is 36.9 Å². The fourth-order valence-corrected chi connectivity index (χ4v) is 3.63. The Hall–Kier alpha value is -1.19. The minimum Gasteiger partial charge on any atom is -0.300 e. The Labute approximate surface area is 112 Å². The highest BCUT2D eigenvalue weighted by Gasteiger charge is 2.23. The Morgan fingerprint density at radius 1 is 1.33 bits per heavy atom. The minimum atomic E-state index is 0.641. The van der Waals surface area contributed by atoms with E-state index in [2.05, 4.69) is 35.7 Å². The van der Waals surface area contributed by atoms with Crippen molar-refractivity contribution in [2.45, 2.75) is 18.8 Å². The third-order valence-electron chi connectivity index (χ3n) is 3.77. The van der Waals surface area contributed by atoms with Crippen LogP contribution in [0.2, 0.25) is 0 Å². The van der Waals surface area contributed by atoms with E-state index >= 15 is 0 Å². The number of piperidine rings is 1. The van der Waals surface area contributed by atoms with E-state index in [0.29, 0.717) is 5.92 Å². The zero-order valence-electron chi connectivity index (χ0n) is 10.5. The maximum Gasteiger partial charge on any atom is 0.0652 e. The lowest BCUT2D eigenvalue weighted by Gasteiger charge is -2.30. The van der Waals surface area contributed by atoms with Gasteiger partial charge in [0.15, 0.2) is 0 Å². The Kier molecular flexibility index (Phi) is 3.43. The summed E-state index contributed by atoms with van der Waals surface area (Å²) in [6.45, 7) is 7.17. The molecule has 0 bridgehead atoms. The number of hydrogen-bond acceptors (Lipinski definition) is 3. The third-order valence-corrected chi connectivity index (χ3v) is 4.61. The lowest BCUT2D eigenvalue weighted by atomic mass is 9.92. The first-order valence-electron chi connectivity index (χ1n) is 6.56. The normalized spacial score (nSPS) is 18.2. The summed E-state index contributed by atoms with van der Waals surface area (Å²) in [6.07, 6.45) is 4.45. The molecule has 0 atom stereocenters. The van der Waals surface area contributed by atoms with Gasteiger partial charge in [-0.25, -0.2) is 0 Å². The Balaban J connectivity index is 1.78. The maximum atomic E-state index is 4.69. The Morgan fingerprint density at radius 2 is 2.11 bits per heavy atom. The van der Waals surface area contributed by atoms with E-state index in [9.17, 15) is 0 Å². The van der Waals surface area contributed by atoms with Crippen molar-refractivity contribution in [3.63, 3.8) is 0 Å². The summed E-state index contributed by atoms with van der Waals surface area (Å²) in [6, 6.07) is 8.59. The maximum absolute atomic E-state index is 4.69. The van der Waals surface area contributed by atoms with E-state index in [1.54, 1.807) is 11.5 Å². The first-order valence-corrected chi connectivity index (χ1v) is 7.33. The summed E-state index contributed by atoms with van der Waals surface area (Å²) in [5, 5.41) is 1.37. The van der Waals surface area contributed by atoms with Crippen molar-refractivity contribution in [3.05, 3.63) is 42.6 Å². The summed E-state index contributed by atoms with van der Waals surface area (Å²) in [7, 11) is 0. The highest BCUT2D eigenvalue weighted by atomic mass is 32.1. The molecular formula is C15H18N2S. The number of fused-ring (bicyclic) bond motifs is 1. The smallest absolute Gasteiger partial charge is 0.0652 e. The van der Waals surface area contributed by atoms with Gasteiger partial charge in [0.1, 0.15) is 0 Å². The molecule has 0 amide bonds. The fourth-order valence-electron chi connectivity index (χ4n) is 2.77. The van der Waals surface area contributed by atoms with Crippen molar-refractivity contribution in [3.8, 4) is 0 Å². The van der Waals surface area contributed by atoms with Gasteiger partial charge >= 0.3 is 0 Å². The van der Waals surface area contributed by atoms with E-state index in [1.165, 1.54) is 41.7 Å². The summed E-state index contributed by atoms with van der Waals surface area (Å²) in [5.41, 5.74) is 1.33. The molecule has 3 heteroatoms. The molecule has 2 aromatic rings. The van der Waals surface area contributed by atoms with Gasteiger partial charge in [0.2, 0.25) is 0 Å². The number of hydrogen-bond donors (Lipinski definition) is 0. The molecule has 2 nitrogen and oxygen atoms in total. The molecular weight excluding hydrogens is 240 g/mol. The Morgan fingerprint density at radius 3 is 2.89 bits per heavy atom. The van der Waals surface area contributed by atoms with Gasteiger partial charge in [-0.3, -0.25) is 4.90 Å². The highest BCUT2D eigenvalue weighted by molar-refractivity contribution is 7.13. The molecule has 0 unspecified atom stereocenters. The van der Waals surface area contributed by atoms with E-state index < -0.39 is 0 Å². The van der Waals surface area contributed by atoms with Crippen LogP contribution in [0.1, 0.15) is 24.5 Å². The van der Waals surface area contributed by atoms with Gasteiger partial charge in [-0.1, -0.05) is 24.3 Å². The molecule has 1 aromatic carbocycles. The lowest BCUT2D eigenvalue weighted by molar-refractivity contribution is 0.232. The summed E-state index contributed by atoms with van der Waals surface area (Å²) in [5.74, 6) is 0.641. The predicted octanol–water partition coefficient (Wildman–Crippen LogP) is 3.66. The first kappa shape index (κ1) is 11.9. The molecule has 1 aliphatic rings. The number of likely N-dealkylation sites (tertiary alicyclic amines) is 1. The van der Waals surface area contributed by atoms with Crippen LogP contribution in [0, 0.1) is 0 Å². The largest absolute Gasteiger partial charge is 0.300 e. The molecule has 0 saturated carbocycles. The quantitative estimate of drug-likeness (QED) is 0.781. The van der Waals surface area contributed by atoms with Crippen LogP contribution in [0.4, 0.5) is 0 Å². The van der Waals surface area contributed by atoms with E-state index in [-0.39, 0.29) is 0 Å². The van der Waals surface area contributed by atoms with E-state index in [0.717, 1.165) is 6.54 Å². The van der Waals surface area contributed by atoms with Crippen molar-refractivity contribution >= 4 is 21.6 Å². The Bertz CT molecular complexity index is 538. The molecule has 3 rings (SSSR count). The second kappa shape index (κ2) is 5.21. The molecule has 94 valence electrons. The van der Waals surface area contributed by atoms with Gasteiger partial charge in [-0.15, -0.1) is 6.58 Å². The zero-order chi connectivity index (χ0) is 12.4. The number of nitrogens with zero attached hydrogens (tertiary/aromatic N) is 2. The zero-order valence-corrected chi connectivity index (χ0v) is 11.3. The molecule has 0 radical (unpaired) electrons. The van der Waals surface area contributed by atoms with Gasteiger partial charge in [0, 0.05) is 17.8 Å². The van der Waals surface area contributed by atoms with Gasteiger partial charge in [-0.2, -0.15) is 4.37 Å². The van der Waals surface area contributed by atoms with E-state index in [1.807, 2.05) is 6.08 Å². The van der Waals surface area contributed by atoms with Gasteiger partial charge in [-0.05, 0) is 43.5 Å². The molecule has 18 heavy (non-hydrogen) atoms. The average molecular weight is 258 g/mol. The lowest BCUT2D eigenvalue weighted by Crippen LogP contribution is -2.33. The third kappa shape index (κ3) is 2.20. The molecule has 1 fully saturated rings. The van der Waals surface area contributed by atoms with Crippen molar-refractivity contribution in [1.82, 2.24) is 9.27 Å². The standard InChI is InChI=1S/C15H18N2S/c1-2-9-17-10-7-12(8-11-17)15-13-5-3-4-6-14(13)18-16-15/h2-6,12H,1,7-11H2. The molecule has 2 heterocycles. The molecule has 1 aromatic heterocycles. The van der Waals surface area contributed by atoms with Crippen molar-refractivity contribution in [2.24, 2.45) is 0 Å². The highest BCUT2D eigenvalue weighted by Crippen LogP contribution is 2.34. The van der Waals surface area contributed by atoms with E-state index in [4.69, 9.17) is 4.37 Å². The number of aromatic nitrogens is 1. The average Bonchev–Trinajstić information content (AvgIpc) is 2.84. The van der Waals surface area contributed by atoms with Gasteiger partial charge in [0.25, 0.3) is 0 Å². The second-order valence-corrected chi connectivity index (χ2v) is 5.73. The molecule has 1 aliphatic heterocycles. The van der Waals surface area contributed by atoms with Crippen molar-refractivity contribution in [1.29, 1.82) is 0 Å². The van der Waals surface area contributed by atoms with Crippen LogP contribution in [0.25, 0.3) is 10.1 Å². The van der Waals surface area contributed by atoms with Crippen LogP contribution in [-0.4, -0.2) is 28.9 Å². The van der Waals surface area contributed by atoms with Crippen molar-refractivity contribution in [2.75, 3.05) is 19.6 Å². The number of rotatable bonds is 3. The predicted molar refractivity (Wildman–Crippen MR) is 78.2 cm³/mol. The van der Waals surface area contributed by atoms with Crippen molar-refractivity contribution < 1.29 is 0 Å². The van der Waals surface area contributed by atoms with Crippen LogP contribution in [0.5, 0.6) is 0 Å². The van der Waals surface area contributed by atoms with Gasteiger partial charge < -0.3 is 0 Å². The molecule has 0 N–H and O–H groups in total. The summed E-state index contributed by atoms with van der Waals surface area (Å²) in [4.78, 5) is 2.47. The SMILES string of the molecule is C=CCN1CCC(c2nsc3ccccc23)CC1. The minimum absolute atomic E-state index is 0.641. The summed E-state index contributed by atoms with van der Waals surface area (Å²) < 4.78 is 6.01.